The summed E-state index contributed by atoms with van der Waals surface area (Å²) in [6.45, 7) is 1.69. The first-order valence-electron chi connectivity index (χ1n) is 9.15. The lowest BCUT2D eigenvalue weighted by molar-refractivity contribution is 0.311. The largest absolute Gasteiger partial charge is 0.493 e. The van der Waals surface area contributed by atoms with Crippen molar-refractivity contribution >= 4 is 27.2 Å². The Kier molecular flexibility index (Phi) is 4.94. The Hall–Kier alpha value is -3.02. The van der Waals surface area contributed by atoms with Gasteiger partial charge in [-0.05, 0) is 30.3 Å². The topological polar surface area (TPSA) is 93.6 Å². The Labute approximate surface area is 173 Å². The number of fused-ring (bicyclic) bond motifs is 2. The molecule has 0 bridgehead atoms. The van der Waals surface area contributed by atoms with Crippen LogP contribution in [0.2, 0.25) is 0 Å². The summed E-state index contributed by atoms with van der Waals surface area (Å²) in [6.07, 6.45) is 0.846. The van der Waals surface area contributed by atoms with E-state index in [4.69, 9.17) is 24.9 Å². The highest BCUT2D eigenvalue weighted by atomic mass is 32.1. The van der Waals surface area contributed by atoms with Crippen LogP contribution in [0.1, 0.15) is 16.1 Å². The maximum absolute atomic E-state index is 9.51. The quantitative estimate of drug-likeness (QED) is 0.704. The van der Waals surface area contributed by atoms with E-state index in [-0.39, 0.29) is 0 Å². The molecular weight excluding hydrogens is 388 g/mol. The molecule has 150 valence electrons. The summed E-state index contributed by atoms with van der Waals surface area (Å²) in [4.78, 5) is 8.38. The van der Waals surface area contributed by atoms with Crippen LogP contribution < -0.4 is 19.9 Å². The molecule has 1 aliphatic heterocycles. The van der Waals surface area contributed by atoms with Gasteiger partial charge in [0.2, 0.25) is 5.75 Å². The van der Waals surface area contributed by atoms with E-state index in [9.17, 15) is 5.26 Å². The Balaban J connectivity index is 2.11. The van der Waals surface area contributed by atoms with Gasteiger partial charge in [0, 0.05) is 36.2 Å². The zero-order chi connectivity index (χ0) is 20.7. The molecule has 0 spiro atoms. The summed E-state index contributed by atoms with van der Waals surface area (Å²) in [7, 11) is 6.86. The molecule has 0 fully saturated rings. The van der Waals surface area contributed by atoms with Crippen molar-refractivity contribution in [3.05, 3.63) is 28.3 Å². The molecule has 0 saturated heterocycles. The number of likely N-dealkylation sites (N-methyl/N-ethyl adjacent to an activating group) is 1. The maximum atomic E-state index is 9.51. The number of nitriles is 1. The fourth-order valence-corrected chi connectivity index (χ4v) is 4.81. The van der Waals surface area contributed by atoms with Crippen LogP contribution >= 0.6 is 11.3 Å². The normalized spacial score (nSPS) is 13.8. The van der Waals surface area contributed by atoms with Crippen LogP contribution in [-0.4, -0.2) is 44.8 Å². The molecule has 1 aromatic carbocycles. The van der Waals surface area contributed by atoms with Crippen LogP contribution in [-0.2, 0) is 13.0 Å². The average Bonchev–Trinajstić information content (AvgIpc) is 3.06. The van der Waals surface area contributed by atoms with Crippen molar-refractivity contribution in [3.63, 3.8) is 0 Å². The molecule has 3 heterocycles. The predicted octanol–water partition coefficient (Wildman–Crippen LogP) is 3.43. The third-order valence-electron chi connectivity index (χ3n) is 5.28. The number of methoxy groups -OCH3 is 3. The van der Waals surface area contributed by atoms with Crippen molar-refractivity contribution in [2.45, 2.75) is 13.0 Å². The highest BCUT2D eigenvalue weighted by Gasteiger charge is 2.26. The van der Waals surface area contributed by atoms with Crippen molar-refractivity contribution in [3.8, 4) is 34.4 Å². The van der Waals surface area contributed by atoms with Gasteiger partial charge in [-0.3, -0.25) is 0 Å². The van der Waals surface area contributed by atoms with Gasteiger partial charge < -0.3 is 24.8 Å². The second-order valence-corrected chi connectivity index (χ2v) is 7.95. The number of hydrogen-bond acceptors (Lipinski definition) is 8. The number of benzene rings is 1. The number of nitrogens with two attached hydrogens (primary N) is 1. The average molecular weight is 410 g/mol. The Morgan fingerprint density at radius 3 is 2.45 bits per heavy atom. The van der Waals surface area contributed by atoms with E-state index < -0.39 is 0 Å². The first-order chi connectivity index (χ1) is 14.0. The highest BCUT2D eigenvalue weighted by Crippen LogP contribution is 2.47. The van der Waals surface area contributed by atoms with Crippen molar-refractivity contribution in [1.82, 2.24) is 9.88 Å². The molecular formula is C21H22N4O3S. The number of ether oxygens (including phenoxy) is 3. The third-order valence-corrected chi connectivity index (χ3v) is 6.28. The molecule has 0 radical (unpaired) electrons. The third kappa shape index (κ3) is 3.03. The molecule has 4 rings (SSSR count). The molecule has 0 atom stereocenters. The van der Waals surface area contributed by atoms with Crippen LogP contribution in [0.4, 0.5) is 5.69 Å². The minimum atomic E-state index is 0.472. The molecule has 7 nitrogen and oxygen atoms in total. The fraction of sp³-hybridized carbons (Fsp3) is 0.333. The minimum absolute atomic E-state index is 0.472. The molecule has 0 unspecified atom stereocenters. The van der Waals surface area contributed by atoms with Gasteiger partial charge in [0.15, 0.2) is 11.5 Å². The number of rotatable bonds is 4. The highest BCUT2D eigenvalue weighted by molar-refractivity contribution is 7.20. The number of nitrogens with zero attached hydrogens (tertiary/aromatic N) is 3. The van der Waals surface area contributed by atoms with Gasteiger partial charge in [0.05, 0.1) is 27.0 Å². The van der Waals surface area contributed by atoms with Gasteiger partial charge in [-0.1, -0.05) is 0 Å². The Morgan fingerprint density at radius 2 is 1.86 bits per heavy atom. The summed E-state index contributed by atoms with van der Waals surface area (Å²) in [5.74, 6) is 1.67. The zero-order valence-corrected chi connectivity index (χ0v) is 17.6. The van der Waals surface area contributed by atoms with Gasteiger partial charge in [-0.15, -0.1) is 11.3 Å². The van der Waals surface area contributed by atoms with E-state index >= 15 is 0 Å². The van der Waals surface area contributed by atoms with Gasteiger partial charge in [-0.25, -0.2) is 4.98 Å². The number of aromatic nitrogens is 1. The number of hydrogen-bond donors (Lipinski definition) is 1. The lowest BCUT2D eigenvalue weighted by Gasteiger charge is -2.27. The first-order valence-corrected chi connectivity index (χ1v) is 9.96. The van der Waals surface area contributed by atoms with Crippen molar-refractivity contribution in [1.29, 1.82) is 5.26 Å². The van der Waals surface area contributed by atoms with Crippen LogP contribution in [0.3, 0.4) is 0 Å². The minimum Gasteiger partial charge on any atom is -0.493 e. The van der Waals surface area contributed by atoms with Crippen molar-refractivity contribution in [2.75, 3.05) is 40.7 Å². The summed E-state index contributed by atoms with van der Waals surface area (Å²) < 4.78 is 16.6. The second kappa shape index (κ2) is 7.43. The van der Waals surface area contributed by atoms with E-state index in [0.29, 0.717) is 27.8 Å². The summed E-state index contributed by atoms with van der Waals surface area (Å²) in [6, 6.07) is 6.05. The zero-order valence-electron chi connectivity index (χ0n) is 16.8. The molecule has 0 aliphatic carbocycles. The predicted molar refractivity (Wildman–Crippen MR) is 114 cm³/mol. The smallest absolute Gasteiger partial charge is 0.203 e. The summed E-state index contributed by atoms with van der Waals surface area (Å²) in [5.41, 5.74) is 10.9. The molecule has 29 heavy (non-hydrogen) atoms. The lowest BCUT2D eigenvalue weighted by atomic mass is 9.92. The lowest BCUT2D eigenvalue weighted by Crippen LogP contribution is -2.28. The van der Waals surface area contributed by atoms with Gasteiger partial charge in [-0.2, -0.15) is 5.26 Å². The van der Waals surface area contributed by atoms with E-state index in [1.165, 1.54) is 11.3 Å². The summed E-state index contributed by atoms with van der Waals surface area (Å²) >= 11 is 1.34. The van der Waals surface area contributed by atoms with Gasteiger partial charge >= 0.3 is 0 Å². The van der Waals surface area contributed by atoms with Crippen LogP contribution in [0.5, 0.6) is 17.2 Å². The van der Waals surface area contributed by atoms with Gasteiger partial charge in [0.1, 0.15) is 15.8 Å². The number of thiophene rings is 1. The molecule has 1 aliphatic rings. The summed E-state index contributed by atoms with van der Waals surface area (Å²) in [5, 5.41) is 10.3. The molecule has 8 heteroatoms. The molecule has 0 amide bonds. The van der Waals surface area contributed by atoms with E-state index in [2.05, 4.69) is 18.0 Å². The fourth-order valence-electron chi connectivity index (χ4n) is 3.89. The number of anilines is 1. The van der Waals surface area contributed by atoms with E-state index in [0.717, 1.165) is 52.1 Å². The Bertz CT molecular complexity index is 1120. The van der Waals surface area contributed by atoms with E-state index in [1.54, 1.807) is 21.3 Å². The first kappa shape index (κ1) is 19.3. The molecule has 0 saturated carbocycles. The van der Waals surface area contributed by atoms with Crippen LogP contribution in [0.15, 0.2) is 12.1 Å². The van der Waals surface area contributed by atoms with Crippen molar-refractivity contribution < 1.29 is 14.2 Å². The monoisotopic (exact) mass is 410 g/mol. The molecule has 3 aromatic rings. The molecule has 2 aromatic heterocycles. The standard InChI is InChI=1S/C21H22N4O3S/c1-25-6-5-13-12(10-25)17(18-19(23)16(9-22)29-21(18)24-13)11-7-14(26-2)20(28-4)15(8-11)27-3/h7-8H,5-6,10,23H2,1-4H3. The van der Waals surface area contributed by atoms with Crippen molar-refractivity contribution in [2.24, 2.45) is 0 Å². The Morgan fingerprint density at radius 1 is 1.17 bits per heavy atom. The molecule has 2 N–H and O–H groups in total. The maximum Gasteiger partial charge on any atom is 0.203 e. The SMILES string of the molecule is COc1cc(-c2c3c(nc4sc(C#N)c(N)c24)CCN(C)C3)cc(OC)c1OC. The van der Waals surface area contributed by atoms with E-state index in [1.807, 2.05) is 12.1 Å². The number of pyridine rings is 1. The number of nitrogen functional groups attached to an aromatic ring is 1. The van der Waals surface area contributed by atoms with Crippen LogP contribution in [0.25, 0.3) is 21.3 Å². The second-order valence-electron chi connectivity index (χ2n) is 6.95. The van der Waals surface area contributed by atoms with Gasteiger partial charge in [0.25, 0.3) is 0 Å². The van der Waals surface area contributed by atoms with Crippen LogP contribution in [0, 0.1) is 11.3 Å².